The minimum Gasteiger partial charge on any atom is -0.457 e. The van der Waals surface area contributed by atoms with E-state index in [2.05, 4.69) is 5.32 Å². The highest BCUT2D eigenvalue weighted by atomic mass is 35.5. The molecule has 1 heterocycles. The minimum atomic E-state index is -0.423. The normalized spacial score (nSPS) is 17.0. The van der Waals surface area contributed by atoms with Crippen LogP contribution in [0.3, 0.4) is 0 Å². The van der Waals surface area contributed by atoms with Gasteiger partial charge in [0.15, 0.2) is 0 Å². The van der Waals surface area contributed by atoms with Gasteiger partial charge in [0, 0.05) is 23.1 Å². The molecule has 4 nitrogen and oxygen atoms in total. The Balaban J connectivity index is 1.83. The van der Waals surface area contributed by atoms with Crippen molar-refractivity contribution in [2.75, 3.05) is 0 Å². The van der Waals surface area contributed by atoms with Gasteiger partial charge in [-0.15, -0.1) is 0 Å². The summed E-state index contributed by atoms with van der Waals surface area (Å²) < 4.78 is 5.51. The van der Waals surface area contributed by atoms with Gasteiger partial charge < -0.3 is 10.1 Å². The smallest absolute Gasteiger partial charge is 0.336 e. The molecule has 2 aromatic carbocycles. The van der Waals surface area contributed by atoms with Crippen molar-refractivity contribution in [1.29, 1.82) is 0 Å². The first-order valence-corrected chi connectivity index (χ1v) is 8.80. The van der Waals surface area contributed by atoms with Crippen molar-refractivity contribution in [1.82, 2.24) is 5.32 Å². The summed E-state index contributed by atoms with van der Waals surface area (Å²) in [6.07, 6.45) is 0.187. The van der Waals surface area contributed by atoms with Crippen LogP contribution in [0.25, 0.3) is 0 Å². The number of hydrogen-bond acceptors (Lipinski definition) is 3. The lowest BCUT2D eigenvalue weighted by Crippen LogP contribution is -2.34. The number of hydrogen-bond donors (Lipinski definition) is 1. The summed E-state index contributed by atoms with van der Waals surface area (Å²) in [5.41, 5.74) is 3.89. The molecule has 134 valence electrons. The topological polar surface area (TPSA) is 55.4 Å². The van der Waals surface area contributed by atoms with Crippen molar-refractivity contribution in [3.63, 3.8) is 0 Å². The quantitative estimate of drug-likeness (QED) is 0.819. The Kier molecular flexibility index (Phi) is 5.43. The van der Waals surface area contributed by atoms with Gasteiger partial charge in [-0.25, -0.2) is 4.79 Å². The van der Waals surface area contributed by atoms with Gasteiger partial charge in [-0.1, -0.05) is 53.6 Å². The molecule has 0 bridgehead atoms. The third-order valence-electron chi connectivity index (χ3n) is 4.43. The number of halogens is 1. The van der Waals surface area contributed by atoms with Gasteiger partial charge in [0.25, 0.3) is 0 Å². The number of benzene rings is 2. The molecule has 5 heteroatoms. The molecule has 0 saturated heterocycles. The Morgan fingerprint density at radius 3 is 2.62 bits per heavy atom. The summed E-state index contributed by atoms with van der Waals surface area (Å²) in [4.78, 5) is 24.8. The fourth-order valence-electron chi connectivity index (χ4n) is 3.09. The number of carbonyl (C=O) groups is 2. The predicted octanol–water partition coefficient (Wildman–Crippen LogP) is 4.27. The largest absolute Gasteiger partial charge is 0.457 e. The molecule has 1 aliphatic rings. The van der Waals surface area contributed by atoms with Gasteiger partial charge in [-0.3, -0.25) is 4.79 Å². The van der Waals surface area contributed by atoms with E-state index in [9.17, 15) is 9.59 Å². The number of carbonyl (C=O) groups excluding carboxylic acids is 2. The molecule has 0 fully saturated rings. The van der Waals surface area contributed by atoms with Gasteiger partial charge in [-0.2, -0.15) is 0 Å². The standard InChI is InChI=1S/C21H20ClNO3/c1-13-6-8-15(9-7-13)12-26-21(25)20-14(2)23-19(24)11-18(20)16-4-3-5-17(22)10-16/h3-10,18H,11-12H2,1-2H3,(H,23,24). The molecule has 1 unspecified atom stereocenters. The highest BCUT2D eigenvalue weighted by molar-refractivity contribution is 6.30. The first kappa shape index (κ1) is 18.2. The van der Waals surface area contributed by atoms with Crippen molar-refractivity contribution in [2.24, 2.45) is 0 Å². The second kappa shape index (κ2) is 7.75. The van der Waals surface area contributed by atoms with Crippen LogP contribution in [0.5, 0.6) is 0 Å². The molecule has 1 amide bonds. The average molecular weight is 370 g/mol. The van der Waals surface area contributed by atoms with E-state index in [1.807, 2.05) is 43.3 Å². The number of ether oxygens (including phenoxy) is 1. The van der Waals surface area contributed by atoms with E-state index < -0.39 is 5.97 Å². The number of aryl methyl sites for hydroxylation is 1. The third kappa shape index (κ3) is 4.14. The SMILES string of the molecule is CC1=C(C(=O)OCc2ccc(C)cc2)C(c2cccc(Cl)c2)CC(=O)N1. The van der Waals surface area contributed by atoms with Crippen molar-refractivity contribution in [3.8, 4) is 0 Å². The molecule has 1 N–H and O–H groups in total. The average Bonchev–Trinajstić information content (AvgIpc) is 2.60. The van der Waals surface area contributed by atoms with Crippen molar-refractivity contribution in [3.05, 3.63) is 81.5 Å². The number of rotatable bonds is 4. The molecule has 0 aliphatic carbocycles. The van der Waals surface area contributed by atoms with Crippen LogP contribution in [0.2, 0.25) is 5.02 Å². The molecular weight excluding hydrogens is 350 g/mol. The molecule has 1 aliphatic heterocycles. The third-order valence-corrected chi connectivity index (χ3v) is 4.67. The van der Waals surface area contributed by atoms with Gasteiger partial charge >= 0.3 is 5.97 Å². The zero-order valence-electron chi connectivity index (χ0n) is 14.7. The summed E-state index contributed by atoms with van der Waals surface area (Å²) in [6, 6.07) is 15.0. The highest BCUT2D eigenvalue weighted by Gasteiger charge is 2.32. The maximum absolute atomic E-state index is 12.8. The molecule has 1 atom stereocenters. The van der Waals surface area contributed by atoms with E-state index in [0.29, 0.717) is 16.3 Å². The van der Waals surface area contributed by atoms with Crippen LogP contribution in [0.15, 0.2) is 59.8 Å². The Morgan fingerprint density at radius 2 is 1.92 bits per heavy atom. The van der Waals surface area contributed by atoms with Gasteiger partial charge in [0.05, 0.1) is 5.57 Å². The molecule has 0 spiro atoms. The lowest BCUT2D eigenvalue weighted by atomic mass is 9.84. The number of nitrogens with one attached hydrogen (secondary N) is 1. The van der Waals surface area contributed by atoms with Gasteiger partial charge in [0.1, 0.15) is 6.61 Å². The number of allylic oxidation sites excluding steroid dienone is 1. The van der Waals surface area contributed by atoms with Crippen LogP contribution in [0.4, 0.5) is 0 Å². The summed E-state index contributed by atoms with van der Waals surface area (Å²) in [5.74, 6) is -0.913. The van der Waals surface area contributed by atoms with E-state index >= 15 is 0 Å². The lowest BCUT2D eigenvalue weighted by molar-refractivity contribution is -0.141. The fraction of sp³-hybridized carbons (Fsp3) is 0.238. The Bertz CT molecular complexity index is 871. The zero-order valence-corrected chi connectivity index (χ0v) is 15.5. The van der Waals surface area contributed by atoms with E-state index in [1.165, 1.54) is 0 Å². The molecule has 3 rings (SSSR count). The van der Waals surface area contributed by atoms with Crippen molar-refractivity contribution < 1.29 is 14.3 Å². The maximum Gasteiger partial charge on any atom is 0.336 e. The van der Waals surface area contributed by atoms with E-state index in [4.69, 9.17) is 16.3 Å². The molecule has 0 radical (unpaired) electrons. The van der Waals surface area contributed by atoms with E-state index in [0.717, 1.165) is 16.7 Å². The zero-order chi connectivity index (χ0) is 18.7. The lowest BCUT2D eigenvalue weighted by Gasteiger charge is -2.26. The number of amides is 1. The Hall–Kier alpha value is -2.59. The van der Waals surface area contributed by atoms with Crippen molar-refractivity contribution >= 4 is 23.5 Å². The second-order valence-electron chi connectivity index (χ2n) is 6.46. The van der Waals surface area contributed by atoms with Crippen molar-refractivity contribution in [2.45, 2.75) is 32.8 Å². The minimum absolute atomic E-state index is 0.123. The Labute approximate surface area is 157 Å². The van der Waals surface area contributed by atoms with Crippen LogP contribution >= 0.6 is 11.6 Å². The number of esters is 1. The molecule has 0 saturated carbocycles. The van der Waals surface area contributed by atoms with Gasteiger partial charge in [-0.05, 0) is 37.1 Å². The summed E-state index contributed by atoms with van der Waals surface area (Å²) >= 11 is 6.09. The fourth-order valence-corrected chi connectivity index (χ4v) is 3.29. The second-order valence-corrected chi connectivity index (χ2v) is 6.90. The monoisotopic (exact) mass is 369 g/mol. The van der Waals surface area contributed by atoms with E-state index in [-0.39, 0.29) is 24.9 Å². The van der Waals surface area contributed by atoms with Crippen LogP contribution in [0.1, 0.15) is 36.0 Å². The first-order chi connectivity index (χ1) is 12.4. The van der Waals surface area contributed by atoms with Gasteiger partial charge in [0.2, 0.25) is 5.91 Å². The van der Waals surface area contributed by atoms with Crippen LogP contribution in [-0.4, -0.2) is 11.9 Å². The first-order valence-electron chi connectivity index (χ1n) is 8.43. The molecular formula is C21H20ClNO3. The summed E-state index contributed by atoms with van der Waals surface area (Å²) in [7, 11) is 0. The van der Waals surface area contributed by atoms with Crippen LogP contribution < -0.4 is 5.32 Å². The van der Waals surface area contributed by atoms with E-state index in [1.54, 1.807) is 19.1 Å². The Morgan fingerprint density at radius 1 is 1.19 bits per heavy atom. The maximum atomic E-state index is 12.8. The molecule has 0 aromatic heterocycles. The highest BCUT2D eigenvalue weighted by Crippen LogP contribution is 2.34. The van der Waals surface area contributed by atoms with Crippen LogP contribution in [0, 0.1) is 6.92 Å². The summed E-state index contributed by atoms with van der Waals surface area (Å²) in [5, 5.41) is 3.31. The van der Waals surface area contributed by atoms with Crippen LogP contribution in [-0.2, 0) is 20.9 Å². The molecule has 2 aromatic rings. The molecule has 26 heavy (non-hydrogen) atoms. The predicted molar refractivity (Wildman–Crippen MR) is 101 cm³/mol. The summed E-state index contributed by atoms with van der Waals surface area (Å²) in [6.45, 7) is 3.91.